The highest BCUT2D eigenvalue weighted by Crippen LogP contribution is 2.28. The fraction of sp³-hybridized carbons (Fsp3) is 0.545. The van der Waals surface area contributed by atoms with Crippen LogP contribution in [-0.2, 0) is 9.53 Å². The van der Waals surface area contributed by atoms with E-state index in [-0.39, 0.29) is 11.5 Å². The third-order valence-corrected chi connectivity index (χ3v) is 3.62. The second kappa shape index (κ2) is 4.91. The van der Waals surface area contributed by atoms with Crippen LogP contribution in [0.3, 0.4) is 0 Å². The monoisotopic (exact) mass is 312 g/mol. The van der Waals surface area contributed by atoms with Gasteiger partial charge in [-0.1, -0.05) is 0 Å². The molecule has 3 aliphatic heterocycles. The van der Waals surface area contributed by atoms with Gasteiger partial charge in [-0.3, -0.25) is 9.69 Å². The predicted octanol–water partition coefficient (Wildman–Crippen LogP) is -2.71. The maximum atomic E-state index is 12.0. The summed E-state index contributed by atoms with van der Waals surface area (Å²) in [6.45, 7) is -0.586. The van der Waals surface area contributed by atoms with Gasteiger partial charge in [-0.25, -0.2) is 14.5 Å². The summed E-state index contributed by atoms with van der Waals surface area (Å²) in [4.78, 5) is 44.0. The summed E-state index contributed by atoms with van der Waals surface area (Å²) in [6, 6.07) is -1.86. The van der Waals surface area contributed by atoms with Crippen LogP contribution in [0.15, 0.2) is 9.98 Å². The third kappa shape index (κ3) is 1.87. The van der Waals surface area contributed by atoms with E-state index in [4.69, 9.17) is 9.84 Å². The molecule has 11 heteroatoms. The molecule has 0 saturated carbocycles. The fourth-order valence-corrected chi connectivity index (χ4v) is 2.39. The molecule has 22 heavy (non-hydrogen) atoms. The number of aliphatic hydroxyl groups excluding tert-OH is 3. The van der Waals surface area contributed by atoms with E-state index in [0.29, 0.717) is 4.90 Å². The molecule has 0 bridgehead atoms. The summed E-state index contributed by atoms with van der Waals surface area (Å²) in [5.74, 6) is -1.15. The number of imide groups is 1. The molecule has 3 N–H and O–H groups in total. The largest absolute Gasteiger partial charge is 0.394 e. The zero-order valence-corrected chi connectivity index (χ0v) is 11.3. The number of hydrogen-bond donors (Lipinski definition) is 3. The first-order valence-corrected chi connectivity index (χ1v) is 6.32. The summed E-state index contributed by atoms with van der Waals surface area (Å²) in [7, 11) is 1.19. The zero-order chi connectivity index (χ0) is 16.2. The maximum Gasteiger partial charge on any atom is 0.352 e. The molecule has 1 fully saturated rings. The van der Waals surface area contributed by atoms with Crippen LogP contribution >= 0.6 is 0 Å². The summed E-state index contributed by atoms with van der Waals surface area (Å²) in [6.07, 6.45) is -5.52. The van der Waals surface area contributed by atoms with Crippen LogP contribution < -0.4 is 0 Å². The van der Waals surface area contributed by atoms with Gasteiger partial charge in [0.2, 0.25) is 0 Å². The number of rotatable bonds is 2. The number of fused-ring (bicyclic) bond motifs is 1. The van der Waals surface area contributed by atoms with Crippen LogP contribution in [0.4, 0.5) is 9.59 Å². The van der Waals surface area contributed by atoms with Crippen LogP contribution in [0.25, 0.3) is 0 Å². The summed E-state index contributed by atoms with van der Waals surface area (Å²) >= 11 is 0. The average Bonchev–Trinajstić information content (AvgIpc) is 2.95. The van der Waals surface area contributed by atoms with Gasteiger partial charge in [0, 0.05) is 7.05 Å². The minimum Gasteiger partial charge on any atom is -0.394 e. The van der Waals surface area contributed by atoms with E-state index in [2.05, 4.69) is 9.98 Å². The Morgan fingerprint density at radius 2 is 1.82 bits per heavy atom. The van der Waals surface area contributed by atoms with Crippen LogP contribution in [0.2, 0.25) is 0 Å². The van der Waals surface area contributed by atoms with Crippen LogP contribution in [0.5, 0.6) is 0 Å². The summed E-state index contributed by atoms with van der Waals surface area (Å²) in [5.41, 5.74) is -0.343. The van der Waals surface area contributed by atoms with Crippen molar-refractivity contribution in [3.63, 3.8) is 0 Å². The minimum absolute atomic E-state index is 0.340. The van der Waals surface area contributed by atoms with Gasteiger partial charge in [0.05, 0.1) is 6.61 Å². The molecular formula is C11H12N4O7. The third-order valence-electron chi connectivity index (χ3n) is 3.62. The SMILES string of the molecule is CN1C(=O)N=C2C(=NC(=O)N2[C@@H]2O[C@H](CO)[C@@H](O)[C@H]2O)C1=O. The van der Waals surface area contributed by atoms with E-state index >= 15 is 0 Å². The van der Waals surface area contributed by atoms with E-state index in [0.717, 1.165) is 4.90 Å². The number of nitrogens with zero attached hydrogens (tertiary/aromatic N) is 4. The molecule has 0 aromatic heterocycles. The van der Waals surface area contributed by atoms with E-state index in [1.54, 1.807) is 0 Å². The molecular weight excluding hydrogens is 300 g/mol. The molecule has 4 atom stereocenters. The molecule has 3 rings (SSSR count). The molecule has 5 amide bonds. The lowest BCUT2D eigenvalue weighted by molar-refractivity contribution is -0.120. The smallest absolute Gasteiger partial charge is 0.352 e. The Balaban J connectivity index is 1.97. The van der Waals surface area contributed by atoms with Gasteiger partial charge in [0.1, 0.15) is 18.3 Å². The molecule has 0 spiro atoms. The average molecular weight is 312 g/mol. The Morgan fingerprint density at radius 1 is 1.14 bits per heavy atom. The number of aliphatic hydroxyl groups is 3. The number of carbonyl (C=O) groups is 3. The molecule has 0 aliphatic carbocycles. The van der Waals surface area contributed by atoms with Gasteiger partial charge in [0.25, 0.3) is 5.91 Å². The van der Waals surface area contributed by atoms with Gasteiger partial charge < -0.3 is 20.1 Å². The molecule has 0 unspecified atom stereocenters. The quantitative estimate of drug-likeness (QED) is 0.501. The number of carbonyl (C=O) groups excluding carboxylic acids is 3. The maximum absolute atomic E-state index is 12.0. The lowest BCUT2D eigenvalue weighted by atomic mass is 10.1. The minimum atomic E-state index is -1.55. The van der Waals surface area contributed by atoms with Gasteiger partial charge in [0.15, 0.2) is 17.8 Å². The highest BCUT2D eigenvalue weighted by Gasteiger charge is 2.52. The Labute approximate surface area is 123 Å². The van der Waals surface area contributed by atoms with E-state index in [1.807, 2.05) is 0 Å². The number of urea groups is 2. The van der Waals surface area contributed by atoms with Crippen molar-refractivity contribution < 1.29 is 34.4 Å². The highest BCUT2D eigenvalue weighted by molar-refractivity contribution is 6.72. The van der Waals surface area contributed by atoms with Crippen molar-refractivity contribution in [1.82, 2.24) is 9.80 Å². The van der Waals surface area contributed by atoms with Crippen molar-refractivity contribution in [2.75, 3.05) is 13.7 Å². The van der Waals surface area contributed by atoms with Gasteiger partial charge in [-0.15, -0.1) is 0 Å². The van der Waals surface area contributed by atoms with E-state index in [9.17, 15) is 24.6 Å². The standard InChI is InChI=1S/C11H12N4O7/c1-14-8(19)4-7(13-10(14)20)15(11(21)12-4)9-6(18)5(17)3(2-16)22-9/h3,5-6,9,16-18H,2H2,1H3/t3-,5-,6-,9-/m1/s1. The molecule has 11 nitrogen and oxygen atoms in total. The molecule has 118 valence electrons. The van der Waals surface area contributed by atoms with Gasteiger partial charge >= 0.3 is 12.1 Å². The van der Waals surface area contributed by atoms with Crippen molar-refractivity contribution in [3.8, 4) is 0 Å². The zero-order valence-electron chi connectivity index (χ0n) is 11.3. The molecule has 1 saturated heterocycles. The van der Waals surface area contributed by atoms with Crippen molar-refractivity contribution in [2.24, 2.45) is 9.98 Å². The van der Waals surface area contributed by atoms with Crippen molar-refractivity contribution in [1.29, 1.82) is 0 Å². The second-order valence-corrected chi connectivity index (χ2v) is 4.92. The second-order valence-electron chi connectivity index (χ2n) is 4.92. The summed E-state index contributed by atoms with van der Waals surface area (Å²) in [5, 5.41) is 28.7. The molecule has 0 radical (unpaired) electrons. The predicted molar refractivity (Wildman–Crippen MR) is 68.0 cm³/mol. The topological polar surface area (TPSA) is 152 Å². The van der Waals surface area contributed by atoms with Gasteiger partial charge in [-0.2, -0.15) is 9.98 Å². The number of amides is 5. The number of aliphatic imine (C=N–C) groups is 2. The van der Waals surface area contributed by atoms with Crippen molar-refractivity contribution in [2.45, 2.75) is 24.5 Å². The molecule has 0 aromatic rings. The first kappa shape index (κ1) is 14.7. The first-order valence-electron chi connectivity index (χ1n) is 6.32. The summed E-state index contributed by atoms with van der Waals surface area (Å²) < 4.78 is 5.20. The molecule has 0 aromatic carbocycles. The van der Waals surface area contributed by atoms with E-state index < -0.39 is 49.1 Å². The fourth-order valence-electron chi connectivity index (χ4n) is 2.39. The number of hydrogen-bond acceptors (Lipinski definition) is 7. The van der Waals surface area contributed by atoms with Crippen molar-refractivity contribution in [3.05, 3.63) is 0 Å². The lowest BCUT2D eigenvalue weighted by Gasteiger charge is -2.27. The van der Waals surface area contributed by atoms with Crippen LogP contribution in [0.1, 0.15) is 0 Å². The Bertz CT molecular complexity index is 630. The normalized spacial score (nSPS) is 35.0. The van der Waals surface area contributed by atoms with Crippen LogP contribution in [0, 0.1) is 0 Å². The lowest BCUT2D eigenvalue weighted by Crippen LogP contribution is -2.53. The Kier molecular flexibility index (Phi) is 3.29. The van der Waals surface area contributed by atoms with Gasteiger partial charge in [-0.05, 0) is 0 Å². The van der Waals surface area contributed by atoms with E-state index in [1.165, 1.54) is 7.05 Å². The number of amidine groups is 1. The first-order chi connectivity index (χ1) is 10.4. The Hall–Kier alpha value is -2.21. The van der Waals surface area contributed by atoms with Crippen LogP contribution in [-0.4, -0.2) is 92.8 Å². The molecule has 3 heterocycles. The highest BCUT2D eigenvalue weighted by atomic mass is 16.6. The number of ether oxygens (including phenoxy) is 1. The van der Waals surface area contributed by atoms with Crippen molar-refractivity contribution >= 4 is 29.5 Å². The molecule has 3 aliphatic rings. The Morgan fingerprint density at radius 3 is 2.41 bits per heavy atom.